The minimum Gasteiger partial charge on any atom is -0.492 e. The molecule has 2 aromatic carbocycles. The smallest absolute Gasteiger partial charge is 0.333 e. The highest BCUT2D eigenvalue weighted by atomic mass is 16.5. The normalized spacial score (nSPS) is 14.8. The van der Waals surface area contributed by atoms with Crippen LogP contribution in [-0.4, -0.2) is 53.0 Å². The Bertz CT molecular complexity index is 1170. The number of anilines is 1. The maximum absolute atomic E-state index is 13.3. The van der Waals surface area contributed by atoms with Crippen LogP contribution in [0.25, 0.3) is 10.9 Å². The van der Waals surface area contributed by atoms with Crippen LogP contribution >= 0.6 is 0 Å². The van der Waals surface area contributed by atoms with Gasteiger partial charge in [-0.3, -0.25) is 9.36 Å². The number of hydrogen-bond acceptors (Lipinski definition) is 6. The van der Waals surface area contributed by atoms with Crippen LogP contribution in [-0.2, 0) is 22.5 Å². The van der Waals surface area contributed by atoms with Crippen LogP contribution in [0.3, 0.4) is 0 Å². The number of aliphatic carboxylic acids is 1. The van der Waals surface area contributed by atoms with Crippen molar-refractivity contribution >= 4 is 22.8 Å². The summed E-state index contributed by atoms with van der Waals surface area (Å²) in [5.41, 5.74) is 1.52. The second-order valence-corrected chi connectivity index (χ2v) is 8.41. The van der Waals surface area contributed by atoms with E-state index >= 15 is 0 Å². The van der Waals surface area contributed by atoms with Crippen molar-refractivity contribution in [2.24, 2.45) is 0 Å². The predicted octanol–water partition coefficient (Wildman–Crippen LogP) is 3.50. The van der Waals surface area contributed by atoms with E-state index in [4.69, 9.17) is 14.5 Å². The van der Waals surface area contributed by atoms with Crippen LogP contribution < -0.4 is 15.2 Å². The van der Waals surface area contributed by atoms with Crippen LogP contribution in [0, 0.1) is 0 Å². The van der Waals surface area contributed by atoms with Crippen molar-refractivity contribution in [2.75, 3.05) is 31.2 Å². The molecule has 1 N–H and O–H groups in total. The Kier molecular flexibility index (Phi) is 7.80. The number of benzene rings is 2. The first kappa shape index (κ1) is 23.8. The minimum absolute atomic E-state index is 0.0549. The molecule has 0 spiro atoms. The molecule has 1 atom stereocenters. The molecule has 34 heavy (non-hydrogen) atoms. The lowest BCUT2D eigenvalue weighted by atomic mass is 10.1. The summed E-state index contributed by atoms with van der Waals surface area (Å²) in [6.45, 7) is 4.62. The molecule has 4 rings (SSSR count). The van der Waals surface area contributed by atoms with Crippen molar-refractivity contribution < 1.29 is 19.4 Å². The highest BCUT2D eigenvalue weighted by Crippen LogP contribution is 2.20. The quantitative estimate of drug-likeness (QED) is 0.490. The number of carboxylic acid groups (broad SMARTS) is 1. The van der Waals surface area contributed by atoms with Gasteiger partial charge in [0.2, 0.25) is 5.95 Å². The number of carbonyl (C=O) groups is 1. The first-order valence-electron chi connectivity index (χ1n) is 11.9. The summed E-state index contributed by atoms with van der Waals surface area (Å²) in [6, 6.07) is 14.8. The van der Waals surface area contributed by atoms with Crippen LogP contribution in [0.1, 0.15) is 31.7 Å². The summed E-state index contributed by atoms with van der Waals surface area (Å²) in [5, 5.41) is 9.87. The molecular weight excluding hydrogens is 434 g/mol. The van der Waals surface area contributed by atoms with Crippen LogP contribution in [0.5, 0.6) is 5.75 Å². The van der Waals surface area contributed by atoms with E-state index in [1.807, 2.05) is 48.5 Å². The third-order valence-corrected chi connectivity index (χ3v) is 6.05. The van der Waals surface area contributed by atoms with E-state index < -0.39 is 12.1 Å². The largest absolute Gasteiger partial charge is 0.492 e. The monoisotopic (exact) mass is 465 g/mol. The first-order chi connectivity index (χ1) is 16.6. The summed E-state index contributed by atoms with van der Waals surface area (Å²) in [6.07, 6.45) is 2.82. The highest BCUT2D eigenvalue weighted by molar-refractivity contribution is 5.78. The number of rotatable bonds is 10. The van der Waals surface area contributed by atoms with Gasteiger partial charge in [0, 0.05) is 26.1 Å². The summed E-state index contributed by atoms with van der Waals surface area (Å²) < 4.78 is 12.9. The average Bonchev–Trinajstić information content (AvgIpc) is 2.86. The molecule has 1 aliphatic heterocycles. The molecule has 1 unspecified atom stereocenters. The lowest BCUT2D eigenvalue weighted by molar-refractivity contribution is -0.149. The van der Waals surface area contributed by atoms with Crippen LogP contribution in [0.2, 0.25) is 0 Å². The zero-order chi connectivity index (χ0) is 23.9. The van der Waals surface area contributed by atoms with Gasteiger partial charge in [0.05, 0.1) is 17.4 Å². The van der Waals surface area contributed by atoms with Gasteiger partial charge in [-0.05, 0) is 56.0 Å². The van der Waals surface area contributed by atoms with Crippen LogP contribution in [0.15, 0.2) is 53.3 Å². The summed E-state index contributed by atoms with van der Waals surface area (Å²) in [5.74, 6) is 0.396. The predicted molar refractivity (Wildman–Crippen MR) is 131 cm³/mol. The van der Waals surface area contributed by atoms with E-state index in [1.165, 1.54) is 6.42 Å². The SMILES string of the molecule is CCOC(Cc1ccc(OCCn2c(N3CCCCC3)nc3ccccc3c2=O)cc1)C(=O)O. The molecule has 0 radical (unpaired) electrons. The Hall–Kier alpha value is -3.39. The summed E-state index contributed by atoms with van der Waals surface area (Å²) in [7, 11) is 0. The van der Waals surface area contributed by atoms with E-state index in [2.05, 4.69) is 4.90 Å². The van der Waals surface area contributed by atoms with Gasteiger partial charge in [0.1, 0.15) is 12.4 Å². The topological polar surface area (TPSA) is 93.9 Å². The minimum atomic E-state index is -0.971. The van der Waals surface area contributed by atoms with Crippen molar-refractivity contribution in [3.8, 4) is 5.75 Å². The van der Waals surface area contributed by atoms with E-state index in [9.17, 15) is 14.7 Å². The molecule has 1 aliphatic rings. The molecule has 1 fully saturated rings. The van der Waals surface area contributed by atoms with Gasteiger partial charge in [-0.25, -0.2) is 9.78 Å². The Morgan fingerprint density at radius 2 is 1.82 bits per heavy atom. The molecule has 3 aromatic rings. The van der Waals surface area contributed by atoms with Gasteiger partial charge >= 0.3 is 5.97 Å². The number of carboxylic acids is 1. The third kappa shape index (κ3) is 5.56. The molecule has 0 aliphatic carbocycles. The number of piperidine rings is 1. The van der Waals surface area contributed by atoms with Gasteiger partial charge in [-0.1, -0.05) is 24.3 Å². The third-order valence-electron chi connectivity index (χ3n) is 6.05. The maximum Gasteiger partial charge on any atom is 0.333 e. The van der Waals surface area contributed by atoms with E-state index in [-0.39, 0.29) is 5.56 Å². The number of hydrogen-bond donors (Lipinski definition) is 1. The number of nitrogens with zero attached hydrogens (tertiary/aromatic N) is 3. The Morgan fingerprint density at radius 1 is 1.09 bits per heavy atom. The second kappa shape index (κ2) is 11.2. The zero-order valence-corrected chi connectivity index (χ0v) is 19.5. The number of aromatic nitrogens is 2. The Balaban J connectivity index is 1.46. The van der Waals surface area contributed by atoms with Gasteiger partial charge < -0.3 is 19.5 Å². The first-order valence-corrected chi connectivity index (χ1v) is 11.9. The maximum atomic E-state index is 13.3. The Labute approximate surface area is 198 Å². The Morgan fingerprint density at radius 3 is 2.53 bits per heavy atom. The fraction of sp³-hybridized carbons (Fsp3) is 0.423. The van der Waals surface area contributed by atoms with Crippen molar-refractivity contribution in [3.63, 3.8) is 0 Å². The molecule has 8 nitrogen and oxygen atoms in total. The van der Waals surface area contributed by atoms with Crippen molar-refractivity contribution in [1.82, 2.24) is 9.55 Å². The molecule has 0 amide bonds. The van der Waals surface area contributed by atoms with E-state index in [0.717, 1.165) is 31.5 Å². The zero-order valence-electron chi connectivity index (χ0n) is 19.5. The van der Waals surface area contributed by atoms with Gasteiger partial charge in [-0.15, -0.1) is 0 Å². The fourth-order valence-electron chi connectivity index (χ4n) is 4.30. The van der Waals surface area contributed by atoms with Gasteiger partial charge in [-0.2, -0.15) is 0 Å². The standard InChI is InChI=1S/C26H31N3O5/c1-2-33-23(25(31)32)18-19-10-12-20(13-11-19)34-17-16-29-24(30)21-8-4-5-9-22(21)27-26(29)28-14-6-3-7-15-28/h4-5,8-13,23H,2-3,6-7,14-18H2,1H3,(H,31,32). The molecule has 1 saturated heterocycles. The second-order valence-electron chi connectivity index (χ2n) is 8.41. The van der Waals surface area contributed by atoms with Crippen molar-refractivity contribution in [3.05, 3.63) is 64.4 Å². The van der Waals surface area contributed by atoms with Crippen LogP contribution in [0.4, 0.5) is 5.95 Å². The van der Waals surface area contributed by atoms with Crippen molar-refractivity contribution in [1.29, 1.82) is 0 Å². The lowest BCUT2D eigenvalue weighted by Crippen LogP contribution is -2.37. The lowest BCUT2D eigenvalue weighted by Gasteiger charge is -2.29. The molecule has 180 valence electrons. The van der Waals surface area contributed by atoms with Gasteiger partial charge in [0.15, 0.2) is 6.10 Å². The van der Waals surface area contributed by atoms with Crippen molar-refractivity contribution in [2.45, 2.75) is 45.3 Å². The number of fused-ring (bicyclic) bond motifs is 1. The molecule has 8 heteroatoms. The molecule has 2 heterocycles. The molecule has 0 saturated carbocycles. The summed E-state index contributed by atoms with van der Waals surface area (Å²) >= 11 is 0. The molecule has 1 aromatic heterocycles. The average molecular weight is 466 g/mol. The number of ether oxygens (including phenoxy) is 2. The van der Waals surface area contributed by atoms with Gasteiger partial charge in [0.25, 0.3) is 5.56 Å². The number of para-hydroxylation sites is 1. The molecule has 0 bridgehead atoms. The van der Waals surface area contributed by atoms with E-state index in [0.29, 0.717) is 48.8 Å². The fourth-order valence-corrected chi connectivity index (χ4v) is 4.30. The van der Waals surface area contributed by atoms with E-state index in [1.54, 1.807) is 11.5 Å². The summed E-state index contributed by atoms with van der Waals surface area (Å²) in [4.78, 5) is 31.6. The highest BCUT2D eigenvalue weighted by Gasteiger charge is 2.20. The molecular formula is C26H31N3O5.